The molecule has 0 radical (unpaired) electrons. The predicted octanol–water partition coefficient (Wildman–Crippen LogP) is 2.25. The van der Waals surface area contributed by atoms with Gasteiger partial charge in [-0.15, -0.1) is 0 Å². The summed E-state index contributed by atoms with van der Waals surface area (Å²) in [7, 11) is 0. The number of carbonyl (C=O) groups is 1. The summed E-state index contributed by atoms with van der Waals surface area (Å²) in [4.78, 5) is 14.5. The topological polar surface area (TPSA) is 58.4 Å². The lowest BCUT2D eigenvalue weighted by atomic mass is 9.97. The summed E-state index contributed by atoms with van der Waals surface area (Å²) in [5.41, 5.74) is 1.49. The largest absolute Gasteiger partial charge is 0.391 e. The van der Waals surface area contributed by atoms with Crippen LogP contribution in [0.5, 0.6) is 0 Å². The van der Waals surface area contributed by atoms with E-state index >= 15 is 0 Å². The summed E-state index contributed by atoms with van der Waals surface area (Å²) >= 11 is 0. The molecule has 1 aromatic carbocycles. The first-order valence-corrected chi connectivity index (χ1v) is 7.76. The maximum atomic E-state index is 12.7. The third-order valence-electron chi connectivity index (χ3n) is 4.22. The number of hydrogen-bond donors (Lipinski definition) is 1. The van der Waals surface area contributed by atoms with Crippen LogP contribution in [0.1, 0.15) is 36.5 Å². The monoisotopic (exact) mass is 299 g/mol. The molecule has 2 aromatic rings. The Morgan fingerprint density at radius 2 is 2.09 bits per heavy atom. The molecule has 1 saturated heterocycles. The fourth-order valence-electron chi connectivity index (χ4n) is 3.03. The minimum absolute atomic E-state index is 0.0484. The lowest BCUT2D eigenvalue weighted by Gasteiger charge is -2.37. The molecular weight excluding hydrogens is 278 g/mol. The van der Waals surface area contributed by atoms with Crippen molar-refractivity contribution >= 4 is 5.91 Å². The molecule has 0 spiro atoms. The van der Waals surface area contributed by atoms with Crippen molar-refractivity contribution in [2.75, 3.05) is 6.54 Å². The number of hydrogen-bond acceptors (Lipinski definition) is 3. The summed E-state index contributed by atoms with van der Waals surface area (Å²) in [6.45, 7) is 2.45. The van der Waals surface area contributed by atoms with Crippen LogP contribution in [0.2, 0.25) is 0 Å². The minimum Gasteiger partial charge on any atom is -0.391 e. The number of aliphatic hydroxyl groups excluding tert-OH is 1. The van der Waals surface area contributed by atoms with Crippen molar-refractivity contribution in [3.05, 3.63) is 48.3 Å². The first-order valence-electron chi connectivity index (χ1n) is 7.76. The zero-order valence-corrected chi connectivity index (χ0v) is 12.7. The van der Waals surface area contributed by atoms with Crippen LogP contribution in [0.15, 0.2) is 42.7 Å². The molecule has 2 atom stereocenters. The van der Waals surface area contributed by atoms with Crippen molar-refractivity contribution in [3.8, 4) is 5.69 Å². The van der Waals surface area contributed by atoms with E-state index in [1.807, 2.05) is 30.3 Å². The number of rotatable bonds is 3. The molecule has 3 rings (SSSR count). The van der Waals surface area contributed by atoms with Gasteiger partial charge in [-0.05, 0) is 38.3 Å². The Hall–Kier alpha value is -2.14. The van der Waals surface area contributed by atoms with Gasteiger partial charge >= 0.3 is 0 Å². The van der Waals surface area contributed by atoms with E-state index in [-0.39, 0.29) is 11.9 Å². The van der Waals surface area contributed by atoms with Gasteiger partial charge in [0.25, 0.3) is 5.91 Å². The Labute approximate surface area is 130 Å². The van der Waals surface area contributed by atoms with Gasteiger partial charge in [-0.2, -0.15) is 5.10 Å². The Kier molecular flexibility index (Phi) is 4.24. The average molecular weight is 299 g/mol. The number of likely N-dealkylation sites (tertiary alicyclic amines) is 1. The Morgan fingerprint density at radius 3 is 2.82 bits per heavy atom. The quantitative estimate of drug-likeness (QED) is 0.945. The number of benzene rings is 1. The van der Waals surface area contributed by atoms with E-state index in [4.69, 9.17) is 0 Å². The Balaban J connectivity index is 1.82. The molecule has 1 aromatic heterocycles. The third-order valence-corrected chi connectivity index (χ3v) is 4.22. The standard InChI is InChI=1S/C17H21N3O2/c1-13(21)16-9-5-6-10-19(16)17(22)14-11-18-20(12-14)15-7-3-2-4-8-15/h2-4,7-8,11-13,16,21H,5-6,9-10H2,1H3. The molecule has 116 valence electrons. The number of piperidine rings is 1. The second-order valence-electron chi connectivity index (χ2n) is 5.81. The highest BCUT2D eigenvalue weighted by Crippen LogP contribution is 2.22. The molecule has 0 bridgehead atoms. The van der Waals surface area contributed by atoms with Gasteiger partial charge in [0.1, 0.15) is 0 Å². The molecule has 1 aliphatic rings. The van der Waals surface area contributed by atoms with Crippen LogP contribution in [-0.4, -0.2) is 44.4 Å². The van der Waals surface area contributed by atoms with E-state index in [1.54, 1.807) is 28.9 Å². The molecule has 0 saturated carbocycles. The maximum Gasteiger partial charge on any atom is 0.257 e. The van der Waals surface area contributed by atoms with Gasteiger partial charge in [-0.3, -0.25) is 4.79 Å². The van der Waals surface area contributed by atoms with Crippen LogP contribution >= 0.6 is 0 Å². The number of aromatic nitrogens is 2. The van der Waals surface area contributed by atoms with Crippen LogP contribution in [0, 0.1) is 0 Å². The molecule has 22 heavy (non-hydrogen) atoms. The molecule has 2 unspecified atom stereocenters. The SMILES string of the molecule is CC(O)C1CCCCN1C(=O)c1cnn(-c2ccccc2)c1. The van der Waals surface area contributed by atoms with E-state index in [2.05, 4.69) is 5.10 Å². The Morgan fingerprint density at radius 1 is 1.32 bits per heavy atom. The van der Waals surface area contributed by atoms with Gasteiger partial charge in [-0.1, -0.05) is 18.2 Å². The third kappa shape index (κ3) is 2.90. The normalized spacial score (nSPS) is 19.9. The van der Waals surface area contributed by atoms with Crippen molar-refractivity contribution in [3.63, 3.8) is 0 Å². The van der Waals surface area contributed by atoms with Gasteiger partial charge in [0.2, 0.25) is 0 Å². The second kappa shape index (κ2) is 6.32. The van der Waals surface area contributed by atoms with Gasteiger partial charge in [0.15, 0.2) is 0 Å². The highest BCUT2D eigenvalue weighted by atomic mass is 16.3. The van der Waals surface area contributed by atoms with Crippen molar-refractivity contribution in [2.24, 2.45) is 0 Å². The fraction of sp³-hybridized carbons (Fsp3) is 0.412. The van der Waals surface area contributed by atoms with Crippen LogP contribution in [0.3, 0.4) is 0 Å². The van der Waals surface area contributed by atoms with E-state index in [0.29, 0.717) is 12.1 Å². The van der Waals surface area contributed by atoms with E-state index < -0.39 is 6.10 Å². The summed E-state index contributed by atoms with van der Waals surface area (Å²) in [5.74, 6) is -0.0484. The molecule has 1 N–H and O–H groups in total. The first-order chi connectivity index (χ1) is 10.7. The zero-order valence-electron chi connectivity index (χ0n) is 12.7. The van der Waals surface area contributed by atoms with Crippen LogP contribution in [0.4, 0.5) is 0 Å². The van der Waals surface area contributed by atoms with Crippen molar-refractivity contribution in [2.45, 2.75) is 38.3 Å². The average Bonchev–Trinajstić information content (AvgIpc) is 3.05. The molecule has 1 amide bonds. The first kappa shape index (κ1) is 14.8. The molecular formula is C17H21N3O2. The molecule has 5 heteroatoms. The molecule has 1 aliphatic heterocycles. The van der Waals surface area contributed by atoms with Crippen molar-refractivity contribution < 1.29 is 9.90 Å². The predicted molar refractivity (Wildman–Crippen MR) is 83.9 cm³/mol. The number of aliphatic hydroxyl groups is 1. The van der Waals surface area contributed by atoms with Crippen LogP contribution < -0.4 is 0 Å². The molecule has 5 nitrogen and oxygen atoms in total. The number of carbonyl (C=O) groups excluding carboxylic acids is 1. The summed E-state index contributed by atoms with van der Waals surface area (Å²) < 4.78 is 1.70. The smallest absolute Gasteiger partial charge is 0.257 e. The summed E-state index contributed by atoms with van der Waals surface area (Å²) in [5, 5.41) is 14.2. The van der Waals surface area contributed by atoms with Gasteiger partial charge in [-0.25, -0.2) is 4.68 Å². The molecule has 2 heterocycles. The highest BCUT2D eigenvalue weighted by molar-refractivity contribution is 5.94. The second-order valence-corrected chi connectivity index (χ2v) is 5.81. The summed E-state index contributed by atoms with van der Waals surface area (Å²) in [6, 6.07) is 9.61. The van der Waals surface area contributed by atoms with E-state index in [0.717, 1.165) is 24.9 Å². The molecule has 0 aliphatic carbocycles. The molecule has 1 fully saturated rings. The maximum absolute atomic E-state index is 12.7. The van der Waals surface area contributed by atoms with E-state index in [1.165, 1.54) is 0 Å². The number of para-hydroxylation sites is 1. The van der Waals surface area contributed by atoms with Crippen molar-refractivity contribution in [1.82, 2.24) is 14.7 Å². The van der Waals surface area contributed by atoms with Crippen LogP contribution in [0.25, 0.3) is 5.69 Å². The number of nitrogens with zero attached hydrogens (tertiary/aromatic N) is 3. The Bertz CT molecular complexity index is 636. The zero-order chi connectivity index (χ0) is 15.5. The number of amides is 1. The van der Waals surface area contributed by atoms with Gasteiger partial charge in [0, 0.05) is 12.7 Å². The fourth-order valence-corrected chi connectivity index (χ4v) is 3.03. The lowest BCUT2D eigenvalue weighted by molar-refractivity contribution is 0.0281. The van der Waals surface area contributed by atoms with Gasteiger partial charge < -0.3 is 10.0 Å². The lowest BCUT2D eigenvalue weighted by Crippen LogP contribution is -2.48. The van der Waals surface area contributed by atoms with E-state index in [9.17, 15) is 9.90 Å². The minimum atomic E-state index is -0.506. The highest BCUT2D eigenvalue weighted by Gasteiger charge is 2.31. The van der Waals surface area contributed by atoms with Gasteiger partial charge in [0.05, 0.1) is 29.6 Å². The van der Waals surface area contributed by atoms with Crippen molar-refractivity contribution in [1.29, 1.82) is 0 Å². The van der Waals surface area contributed by atoms with Crippen LogP contribution in [-0.2, 0) is 0 Å². The summed E-state index contributed by atoms with van der Waals surface area (Å²) in [6.07, 6.45) is 5.75.